The first kappa shape index (κ1) is 7.99. The minimum atomic E-state index is 0.195. The largest absolute Gasteiger partial charge is 0.366 e. The maximum Gasteiger partial charge on any atom is 0.240 e. The van der Waals surface area contributed by atoms with Crippen LogP contribution in [0.3, 0.4) is 0 Å². The summed E-state index contributed by atoms with van der Waals surface area (Å²) in [6, 6.07) is 0. The highest BCUT2D eigenvalue weighted by Gasteiger charge is 2.07. The van der Waals surface area contributed by atoms with Gasteiger partial charge in [-0.3, -0.25) is 0 Å². The number of rotatable bonds is 0. The molecule has 0 saturated heterocycles. The third kappa shape index (κ3) is 1.11. The van der Waals surface area contributed by atoms with Crippen molar-refractivity contribution in [3.8, 4) is 0 Å². The van der Waals surface area contributed by atoms with Crippen LogP contribution in [-0.4, -0.2) is 19.6 Å². The zero-order valence-corrected chi connectivity index (χ0v) is 8.61. The Morgan fingerprint density at radius 2 is 2.33 bits per heavy atom. The third-order valence-electron chi connectivity index (χ3n) is 1.30. The Kier molecular flexibility index (Phi) is 1.80. The first-order valence-corrected chi connectivity index (χ1v) is 4.46. The van der Waals surface area contributed by atoms with Crippen molar-refractivity contribution in [3.63, 3.8) is 0 Å². The number of nitrogens with zero attached hydrogens (tertiary/aromatic N) is 4. The van der Waals surface area contributed by atoms with Gasteiger partial charge in [0, 0.05) is 0 Å². The van der Waals surface area contributed by atoms with Crippen molar-refractivity contribution < 1.29 is 0 Å². The summed E-state index contributed by atoms with van der Waals surface area (Å²) < 4.78 is 2.12. The van der Waals surface area contributed by atoms with Crippen LogP contribution in [0.2, 0.25) is 5.15 Å². The van der Waals surface area contributed by atoms with Crippen molar-refractivity contribution in [3.05, 3.63) is 15.1 Å². The second kappa shape index (κ2) is 2.70. The molecule has 0 radical (unpaired) electrons. The van der Waals surface area contributed by atoms with Gasteiger partial charge in [-0.05, 0) is 22.6 Å². The van der Waals surface area contributed by atoms with Crippen LogP contribution in [-0.2, 0) is 0 Å². The van der Waals surface area contributed by atoms with Gasteiger partial charge in [-0.15, -0.1) is 5.10 Å². The molecule has 2 N–H and O–H groups in total. The number of hydrogen-bond donors (Lipinski definition) is 1. The molecule has 0 aliphatic heterocycles. The highest BCUT2D eigenvalue weighted by atomic mass is 127. The van der Waals surface area contributed by atoms with E-state index in [1.54, 1.807) is 6.20 Å². The fraction of sp³-hybridized carbons (Fsp3) is 0. The van der Waals surface area contributed by atoms with E-state index in [1.165, 1.54) is 4.52 Å². The van der Waals surface area contributed by atoms with Crippen LogP contribution in [0.4, 0.5) is 5.95 Å². The van der Waals surface area contributed by atoms with Gasteiger partial charge >= 0.3 is 0 Å². The van der Waals surface area contributed by atoms with Crippen molar-refractivity contribution in [1.29, 1.82) is 0 Å². The molecule has 2 aromatic heterocycles. The topological polar surface area (TPSA) is 69.1 Å². The van der Waals surface area contributed by atoms with E-state index < -0.39 is 0 Å². The number of anilines is 1. The summed E-state index contributed by atoms with van der Waals surface area (Å²) >= 11 is 7.88. The predicted octanol–water partition coefficient (Wildman–Crippen LogP) is 0.964. The molecule has 0 aliphatic carbocycles. The Morgan fingerprint density at radius 1 is 1.58 bits per heavy atom. The van der Waals surface area contributed by atoms with Gasteiger partial charge in [0.15, 0.2) is 10.8 Å². The average molecular weight is 295 g/mol. The summed E-state index contributed by atoms with van der Waals surface area (Å²) in [4.78, 5) is 7.89. The smallest absolute Gasteiger partial charge is 0.240 e. The number of nitrogen functional groups attached to an aromatic ring is 1. The fourth-order valence-electron chi connectivity index (χ4n) is 0.824. The molecular weight excluding hydrogens is 292 g/mol. The summed E-state index contributed by atoms with van der Waals surface area (Å²) in [6.45, 7) is 0. The number of fused-ring (bicyclic) bond motifs is 1. The molecule has 0 aliphatic rings. The Labute approximate surface area is 86.1 Å². The van der Waals surface area contributed by atoms with Crippen molar-refractivity contribution in [1.82, 2.24) is 19.6 Å². The molecule has 0 bridgehead atoms. The van der Waals surface area contributed by atoms with Gasteiger partial charge in [-0.25, -0.2) is 4.98 Å². The molecule has 5 nitrogen and oxygen atoms in total. The lowest BCUT2D eigenvalue weighted by Crippen LogP contribution is -1.95. The lowest BCUT2D eigenvalue weighted by Gasteiger charge is -1.95. The highest BCUT2D eigenvalue weighted by molar-refractivity contribution is 14.1. The minimum absolute atomic E-state index is 0.195. The molecule has 0 spiro atoms. The molecule has 62 valence electrons. The Balaban J connectivity index is 2.89. The van der Waals surface area contributed by atoms with Gasteiger partial charge < -0.3 is 5.73 Å². The minimum Gasteiger partial charge on any atom is -0.366 e. The van der Waals surface area contributed by atoms with Crippen molar-refractivity contribution in [2.24, 2.45) is 0 Å². The summed E-state index contributed by atoms with van der Waals surface area (Å²) in [5, 5.41) is 4.31. The van der Waals surface area contributed by atoms with Gasteiger partial charge in [0.2, 0.25) is 5.95 Å². The van der Waals surface area contributed by atoms with E-state index in [2.05, 4.69) is 15.1 Å². The maximum absolute atomic E-state index is 5.87. The summed E-state index contributed by atoms with van der Waals surface area (Å²) in [5.74, 6) is 0.195. The van der Waals surface area contributed by atoms with Gasteiger partial charge in [0.1, 0.15) is 3.70 Å². The summed E-state index contributed by atoms with van der Waals surface area (Å²) in [6.07, 6.45) is 1.57. The van der Waals surface area contributed by atoms with E-state index in [1.807, 2.05) is 22.6 Å². The predicted molar refractivity (Wildman–Crippen MR) is 52.9 cm³/mol. The lowest BCUT2D eigenvalue weighted by atomic mass is 10.7. The molecule has 2 heterocycles. The summed E-state index contributed by atoms with van der Waals surface area (Å²) in [5.41, 5.74) is 5.93. The van der Waals surface area contributed by atoms with Crippen molar-refractivity contribution >= 4 is 45.8 Å². The molecular formula is C5H3ClIN5. The van der Waals surface area contributed by atoms with Gasteiger partial charge in [0.25, 0.3) is 0 Å². The second-order valence-corrected chi connectivity index (χ2v) is 3.46. The van der Waals surface area contributed by atoms with Crippen molar-refractivity contribution in [2.75, 3.05) is 5.73 Å². The van der Waals surface area contributed by atoms with E-state index in [4.69, 9.17) is 17.3 Å². The van der Waals surface area contributed by atoms with Crippen LogP contribution in [0.25, 0.3) is 5.65 Å². The Morgan fingerprint density at radius 3 is 3.08 bits per heavy atom. The zero-order chi connectivity index (χ0) is 8.72. The average Bonchev–Trinajstić information content (AvgIpc) is 2.39. The molecule has 0 atom stereocenters. The molecule has 7 heteroatoms. The highest BCUT2D eigenvalue weighted by Crippen LogP contribution is 2.16. The van der Waals surface area contributed by atoms with Crippen LogP contribution in [0, 0.1) is 3.70 Å². The third-order valence-corrected chi connectivity index (χ3v) is 2.75. The van der Waals surface area contributed by atoms with Crippen LogP contribution in [0.5, 0.6) is 0 Å². The Hall–Kier alpha value is -0.630. The molecule has 0 aromatic carbocycles. The molecule has 0 fully saturated rings. The molecule has 2 aromatic rings. The second-order valence-electron chi connectivity index (χ2n) is 2.08. The number of hydrogen-bond acceptors (Lipinski definition) is 4. The van der Waals surface area contributed by atoms with E-state index in [-0.39, 0.29) is 5.95 Å². The molecule has 0 saturated carbocycles. The standard InChI is InChI=1S/C5H3ClIN5/c6-3-4(7)9-1-2-10-5(8)11-12(2)3/h1H,(H2,8,11). The van der Waals surface area contributed by atoms with Gasteiger partial charge in [0.05, 0.1) is 6.20 Å². The quantitative estimate of drug-likeness (QED) is 0.735. The first-order chi connectivity index (χ1) is 5.68. The monoisotopic (exact) mass is 295 g/mol. The molecule has 0 amide bonds. The maximum atomic E-state index is 5.87. The molecule has 2 rings (SSSR count). The lowest BCUT2D eigenvalue weighted by molar-refractivity contribution is 0.942. The zero-order valence-electron chi connectivity index (χ0n) is 5.70. The van der Waals surface area contributed by atoms with Crippen LogP contribution in [0.1, 0.15) is 0 Å². The van der Waals surface area contributed by atoms with E-state index in [0.29, 0.717) is 14.5 Å². The van der Waals surface area contributed by atoms with Gasteiger partial charge in [-0.2, -0.15) is 9.50 Å². The molecule has 12 heavy (non-hydrogen) atoms. The number of aromatic nitrogens is 4. The molecule has 0 unspecified atom stereocenters. The summed E-state index contributed by atoms with van der Waals surface area (Å²) in [7, 11) is 0. The van der Waals surface area contributed by atoms with Gasteiger partial charge in [-0.1, -0.05) is 11.6 Å². The first-order valence-electron chi connectivity index (χ1n) is 3.01. The Bertz CT molecular complexity index is 439. The SMILES string of the molecule is Nc1nc2cnc(I)c(Cl)n2n1. The number of halogens is 2. The normalized spacial score (nSPS) is 10.8. The van der Waals surface area contributed by atoms with Crippen LogP contribution in [0.15, 0.2) is 6.20 Å². The number of nitrogens with two attached hydrogens (primary N) is 1. The van der Waals surface area contributed by atoms with Crippen molar-refractivity contribution in [2.45, 2.75) is 0 Å². The van der Waals surface area contributed by atoms with E-state index in [9.17, 15) is 0 Å². The van der Waals surface area contributed by atoms with E-state index in [0.717, 1.165) is 0 Å². The van der Waals surface area contributed by atoms with E-state index >= 15 is 0 Å². The van der Waals surface area contributed by atoms with Crippen LogP contribution < -0.4 is 5.73 Å². The fourth-order valence-corrected chi connectivity index (χ4v) is 1.36. The van der Waals surface area contributed by atoms with Crippen LogP contribution >= 0.6 is 34.2 Å².